The zero-order valence-electron chi connectivity index (χ0n) is 14.3. The molecule has 6 nitrogen and oxygen atoms in total. The summed E-state index contributed by atoms with van der Waals surface area (Å²) in [5, 5.41) is 0.654. The van der Waals surface area contributed by atoms with Crippen LogP contribution >= 0.6 is 35.7 Å². The van der Waals surface area contributed by atoms with Gasteiger partial charge in [-0.25, -0.2) is 4.98 Å². The molecule has 1 fully saturated rings. The van der Waals surface area contributed by atoms with E-state index < -0.39 is 0 Å². The Bertz CT molecular complexity index is 1060. The lowest BCUT2D eigenvalue weighted by Crippen LogP contribution is -2.28. The fraction of sp³-hybridized carbons (Fsp3) is 0.111. The first-order valence-corrected chi connectivity index (χ1v) is 10.1. The van der Waals surface area contributed by atoms with E-state index in [2.05, 4.69) is 16.5 Å². The van der Waals surface area contributed by atoms with Gasteiger partial charge in [-0.2, -0.15) is 0 Å². The highest BCUT2D eigenvalue weighted by Gasteiger charge is 2.40. The largest absolute Gasteiger partial charge is 0.315 e. The molecule has 4 rings (SSSR count). The van der Waals surface area contributed by atoms with Crippen LogP contribution in [-0.4, -0.2) is 26.7 Å². The van der Waals surface area contributed by atoms with Gasteiger partial charge in [-0.05, 0) is 19.1 Å². The minimum atomic E-state index is -0.233. The second kappa shape index (κ2) is 6.99. The number of aromatic nitrogens is 2. The van der Waals surface area contributed by atoms with Gasteiger partial charge in [0, 0.05) is 6.54 Å². The lowest BCUT2D eigenvalue weighted by Gasteiger charge is -2.18. The Hall–Kier alpha value is -2.36. The molecule has 0 bridgehead atoms. The van der Waals surface area contributed by atoms with E-state index in [1.165, 1.54) is 34.8 Å². The van der Waals surface area contributed by atoms with E-state index in [0.29, 0.717) is 31.5 Å². The van der Waals surface area contributed by atoms with Crippen molar-refractivity contribution < 1.29 is 4.79 Å². The van der Waals surface area contributed by atoms with E-state index in [4.69, 9.17) is 12.2 Å². The SMILES string of the molecule is C=CCN1/C(=C2\SC(=S)N(c3ccc(C)cc3)C2=O)Sc2c1nc[nH]c2=O. The summed E-state index contributed by atoms with van der Waals surface area (Å²) in [6.45, 7) is 6.19. The number of anilines is 2. The van der Waals surface area contributed by atoms with Crippen LogP contribution in [0.2, 0.25) is 0 Å². The van der Waals surface area contributed by atoms with Crippen LogP contribution in [0.25, 0.3) is 0 Å². The number of thioether (sulfide) groups is 2. The number of nitrogens with one attached hydrogen (secondary N) is 1. The van der Waals surface area contributed by atoms with Crippen LogP contribution in [-0.2, 0) is 4.79 Å². The maximum Gasteiger partial charge on any atom is 0.273 e. The first-order chi connectivity index (χ1) is 13.0. The summed E-state index contributed by atoms with van der Waals surface area (Å²) in [6, 6.07) is 7.62. The molecule has 27 heavy (non-hydrogen) atoms. The number of aromatic amines is 1. The summed E-state index contributed by atoms with van der Waals surface area (Å²) in [5.41, 5.74) is 1.60. The molecule has 1 aromatic carbocycles. The van der Waals surface area contributed by atoms with E-state index in [1.807, 2.05) is 36.1 Å². The van der Waals surface area contributed by atoms with E-state index in [0.717, 1.165) is 11.3 Å². The van der Waals surface area contributed by atoms with Crippen LogP contribution in [0.4, 0.5) is 11.5 Å². The zero-order chi connectivity index (χ0) is 19.1. The van der Waals surface area contributed by atoms with Crippen molar-refractivity contribution in [3.63, 3.8) is 0 Å². The molecule has 1 saturated heterocycles. The van der Waals surface area contributed by atoms with E-state index >= 15 is 0 Å². The second-order valence-electron chi connectivity index (χ2n) is 5.86. The molecule has 3 heterocycles. The Labute approximate surface area is 169 Å². The monoisotopic (exact) mass is 414 g/mol. The van der Waals surface area contributed by atoms with Crippen LogP contribution in [0.5, 0.6) is 0 Å². The number of H-pyrrole nitrogens is 1. The van der Waals surface area contributed by atoms with Crippen LogP contribution in [0.1, 0.15) is 5.56 Å². The minimum Gasteiger partial charge on any atom is -0.315 e. The number of nitrogens with zero attached hydrogens (tertiary/aromatic N) is 3. The number of aryl methyl sites for hydroxylation is 1. The molecule has 0 spiro atoms. The van der Waals surface area contributed by atoms with Crippen molar-refractivity contribution in [2.45, 2.75) is 11.8 Å². The maximum absolute atomic E-state index is 13.2. The van der Waals surface area contributed by atoms with Gasteiger partial charge in [0.05, 0.1) is 12.0 Å². The highest BCUT2D eigenvalue weighted by atomic mass is 32.2. The molecule has 0 unspecified atom stereocenters. The van der Waals surface area contributed by atoms with Crippen LogP contribution in [0.15, 0.2) is 62.9 Å². The smallest absolute Gasteiger partial charge is 0.273 e. The summed E-state index contributed by atoms with van der Waals surface area (Å²) in [6.07, 6.45) is 3.07. The number of carbonyl (C=O) groups excluding carboxylic acids is 1. The van der Waals surface area contributed by atoms with Crippen molar-refractivity contribution in [1.82, 2.24) is 9.97 Å². The molecule has 2 aliphatic rings. The summed E-state index contributed by atoms with van der Waals surface area (Å²) in [7, 11) is 0. The topological polar surface area (TPSA) is 69.3 Å². The first kappa shape index (κ1) is 18.0. The van der Waals surface area contributed by atoms with Gasteiger partial charge in [-0.1, -0.05) is 59.5 Å². The average molecular weight is 415 g/mol. The number of fused-ring (bicyclic) bond motifs is 1. The van der Waals surface area contributed by atoms with Crippen molar-refractivity contribution in [3.05, 3.63) is 69.1 Å². The van der Waals surface area contributed by atoms with Gasteiger partial charge in [0.1, 0.15) is 14.8 Å². The highest BCUT2D eigenvalue weighted by molar-refractivity contribution is 8.27. The molecule has 0 radical (unpaired) electrons. The number of hydrogen-bond donors (Lipinski definition) is 1. The molecular formula is C18H14N4O2S3. The number of rotatable bonds is 3. The highest BCUT2D eigenvalue weighted by Crippen LogP contribution is 2.48. The standard InChI is InChI=1S/C18H14N4O2S3/c1-3-8-21-14-12(15(23)20-9-19-14)26-17(21)13-16(24)22(18(25)27-13)11-6-4-10(2)5-7-11/h3-7,9H,1,8H2,2H3,(H,19,20,23)/b17-13+. The second-order valence-corrected chi connectivity index (χ2v) is 8.51. The normalized spacial score (nSPS) is 19.0. The maximum atomic E-state index is 13.2. The van der Waals surface area contributed by atoms with Gasteiger partial charge < -0.3 is 9.88 Å². The fourth-order valence-corrected chi connectivity index (χ4v) is 5.36. The molecule has 2 aliphatic heterocycles. The molecule has 0 saturated carbocycles. The third kappa shape index (κ3) is 3.01. The zero-order valence-corrected chi connectivity index (χ0v) is 16.7. The van der Waals surface area contributed by atoms with Crippen molar-refractivity contribution in [3.8, 4) is 0 Å². The van der Waals surface area contributed by atoms with Gasteiger partial charge in [0.2, 0.25) is 0 Å². The predicted octanol–water partition coefficient (Wildman–Crippen LogP) is 3.41. The predicted molar refractivity (Wildman–Crippen MR) is 114 cm³/mol. The van der Waals surface area contributed by atoms with Gasteiger partial charge in [0.25, 0.3) is 11.5 Å². The number of carbonyl (C=O) groups is 1. The van der Waals surface area contributed by atoms with Crippen molar-refractivity contribution >= 4 is 57.5 Å². The van der Waals surface area contributed by atoms with Crippen molar-refractivity contribution in [2.24, 2.45) is 0 Å². The first-order valence-electron chi connectivity index (χ1n) is 8.02. The van der Waals surface area contributed by atoms with Gasteiger partial charge >= 0.3 is 0 Å². The Kier molecular flexibility index (Phi) is 4.67. The van der Waals surface area contributed by atoms with Gasteiger partial charge in [-0.15, -0.1) is 6.58 Å². The van der Waals surface area contributed by atoms with Crippen LogP contribution < -0.4 is 15.4 Å². The molecule has 0 atom stereocenters. The van der Waals surface area contributed by atoms with Crippen LogP contribution in [0.3, 0.4) is 0 Å². The molecule has 2 aromatic rings. The average Bonchev–Trinajstić information content (AvgIpc) is 3.15. The minimum absolute atomic E-state index is 0.199. The van der Waals surface area contributed by atoms with Crippen LogP contribution in [0, 0.1) is 6.92 Å². The van der Waals surface area contributed by atoms with Gasteiger partial charge in [0.15, 0.2) is 10.1 Å². The lowest BCUT2D eigenvalue weighted by atomic mass is 10.2. The quantitative estimate of drug-likeness (QED) is 0.469. The van der Waals surface area contributed by atoms with Crippen molar-refractivity contribution in [1.29, 1.82) is 0 Å². The van der Waals surface area contributed by atoms with Gasteiger partial charge in [-0.3, -0.25) is 14.5 Å². The Morgan fingerprint density at radius 3 is 2.70 bits per heavy atom. The Morgan fingerprint density at radius 2 is 2.00 bits per heavy atom. The number of hydrogen-bond acceptors (Lipinski definition) is 7. The lowest BCUT2D eigenvalue weighted by molar-refractivity contribution is -0.113. The number of benzene rings is 1. The summed E-state index contributed by atoms with van der Waals surface area (Å²) in [5.74, 6) is 0.328. The molecule has 1 amide bonds. The van der Waals surface area contributed by atoms with E-state index in [9.17, 15) is 9.59 Å². The van der Waals surface area contributed by atoms with Crippen molar-refractivity contribution in [2.75, 3.05) is 16.3 Å². The third-order valence-electron chi connectivity index (χ3n) is 4.06. The summed E-state index contributed by atoms with van der Waals surface area (Å²) in [4.78, 5) is 36.5. The van der Waals surface area contributed by atoms with E-state index in [1.54, 1.807) is 6.08 Å². The molecule has 136 valence electrons. The summed E-state index contributed by atoms with van der Waals surface area (Å²) < 4.78 is 0.461. The number of thiocarbonyl (C=S) groups is 1. The molecule has 1 aromatic heterocycles. The Morgan fingerprint density at radius 1 is 1.26 bits per heavy atom. The molecule has 9 heteroatoms. The summed E-state index contributed by atoms with van der Waals surface area (Å²) >= 11 is 7.93. The molecular weight excluding hydrogens is 400 g/mol. The third-order valence-corrected chi connectivity index (χ3v) is 6.74. The fourth-order valence-electron chi connectivity index (χ4n) is 2.79. The number of amides is 1. The van der Waals surface area contributed by atoms with E-state index in [-0.39, 0.29) is 11.5 Å². The Balaban J connectivity index is 1.79. The molecule has 1 N–H and O–H groups in total. The molecule has 0 aliphatic carbocycles.